The molecule has 1 aliphatic heterocycles. The lowest BCUT2D eigenvalue weighted by Gasteiger charge is -2.37. The van der Waals surface area contributed by atoms with E-state index in [0.717, 1.165) is 18.4 Å². The highest BCUT2D eigenvalue weighted by Gasteiger charge is 2.40. The van der Waals surface area contributed by atoms with Crippen LogP contribution >= 0.6 is 0 Å². The summed E-state index contributed by atoms with van der Waals surface area (Å²) in [6, 6.07) is 15.6. The number of nitrogen functional groups attached to an aromatic ring is 1. The van der Waals surface area contributed by atoms with Crippen molar-refractivity contribution in [2.45, 2.75) is 65.1 Å². The first-order valence-corrected chi connectivity index (χ1v) is 13.7. The fraction of sp³-hybridized carbons (Fsp3) is 0.500. The van der Waals surface area contributed by atoms with E-state index < -0.39 is 17.5 Å². The van der Waals surface area contributed by atoms with Crippen LogP contribution in [0, 0.1) is 5.41 Å². The van der Waals surface area contributed by atoms with Crippen molar-refractivity contribution in [3.05, 3.63) is 60.2 Å². The standard InChI is InChI=1S/C30H44N6O3/c1-21(32-5)27(37)34-26(30(2,3)4)28(38)36-18-9-12-25(36)20-35(19-17-22-10-7-6-8-11-22)29(39)33-24-15-13-23(31)14-16-24/h6-8,10-11,13-16,21,25-26,32H,9,12,17-20,31H2,1-5H3,(H,33,39)(H,34,37)/t21-,25-,26+/m0/s1. The van der Waals surface area contributed by atoms with Crippen LogP contribution in [0.25, 0.3) is 0 Å². The average Bonchev–Trinajstić information content (AvgIpc) is 3.38. The minimum Gasteiger partial charge on any atom is -0.399 e. The van der Waals surface area contributed by atoms with Crippen molar-refractivity contribution in [1.29, 1.82) is 0 Å². The molecule has 0 radical (unpaired) electrons. The van der Waals surface area contributed by atoms with Crippen molar-refractivity contribution in [2.75, 3.05) is 37.7 Å². The van der Waals surface area contributed by atoms with Gasteiger partial charge in [0.15, 0.2) is 0 Å². The molecule has 0 spiro atoms. The molecule has 1 saturated heterocycles. The molecule has 3 atom stereocenters. The maximum Gasteiger partial charge on any atom is 0.321 e. The van der Waals surface area contributed by atoms with Crippen LogP contribution < -0.4 is 21.7 Å². The number of hydrogen-bond donors (Lipinski definition) is 4. The summed E-state index contributed by atoms with van der Waals surface area (Å²) in [6.07, 6.45) is 2.33. The second-order valence-corrected chi connectivity index (χ2v) is 11.4. The number of urea groups is 1. The predicted octanol–water partition coefficient (Wildman–Crippen LogP) is 3.48. The quantitative estimate of drug-likeness (QED) is 0.347. The second kappa shape index (κ2) is 13.5. The summed E-state index contributed by atoms with van der Waals surface area (Å²) in [4.78, 5) is 43.6. The summed E-state index contributed by atoms with van der Waals surface area (Å²) < 4.78 is 0. The van der Waals surface area contributed by atoms with Gasteiger partial charge in [-0.3, -0.25) is 9.59 Å². The SMILES string of the molecule is CN[C@@H](C)C(=O)N[C@H](C(=O)N1CCC[C@H]1CN(CCc1ccccc1)C(=O)Nc1ccc(N)cc1)C(C)(C)C. The van der Waals surface area contributed by atoms with E-state index in [-0.39, 0.29) is 23.9 Å². The predicted molar refractivity (Wildman–Crippen MR) is 156 cm³/mol. The molecule has 0 unspecified atom stereocenters. The number of anilines is 2. The summed E-state index contributed by atoms with van der Waals surface area (Å²) in [7, 11) is 1.72. The monoisotopic (exact) mass is 536 g/mol. The molecule has 3 rings (SSSR count). The van der Waals surface area contributed by atoms with Gasteiger partial charge in [-0.25, -0.2) is 4.79 Å². The Kier molecular flexibility index (Phi) is 10.3. The van der Waals surface area contributed by atoms with Crippen LogP contribution in [0.15, 0.2) is 54.6 Å². The third-order valence-corrected chi connectivity index (χ3v) is 7.28. The average molecular weight is 537 g/mol. The lowest BCUT2D eigenvalue weighted by Crippen LogP contribution is -2.59. The number of hydrogen-bond acceptors (Lipinski definition) is 5. The van der Waals surface area contributed by atoms with Gasteiger partial charge < -0.3 is 31.5 Å². The van der Waals surface area contributed by atoms with Gasteiger partial charge in [0.1, 0.15) is 6.04 Å². The molecule has 9 heteroatoms. The van der Waals surface area contributed by atoms with E-state index in [0.29, 0.717) is 37.4 Å². The van der Waals surface area contributed by atoms with Crippen LogP contribution in [-0.2, 0) is 16.0 Å². The molecule has 39 heavy (non-hydrogen) atoms. The summed E-state index contributed by atoms with van der Waals surface area (Å²) in [5, 5.41) is 8.88. The first kappa shape index (κ1) is 30.0. The number of nitrogens with one attached hydrogen (secondary N) is 3. The molecule has 212 valence electrons. The Morgan fingerprint density at radius 1 is 1.08 bits per heavy atom. The number of carbonyl (C=O) groups excluding carboxylic acids is 3. The van der Waals surface area contributed by atoms with Gasteiger partial charge in [0.25, 0.3) is 0 Å². The Balaban J connectivity index is 1.78. The van der Waals surface area contributed by atoms with E-state index in [4.69, 9.17) is 5.73 Å². The van der Waals surface area contributed by atoms with Gasteiger partial charge in [-0.1, -0.05) is 51.1 Å². The fourth-order valence-corrected chi connectivity index (χ4v) is 4.74. The minimum atomic E-state index is -0.678. The molecule has 1 aliphatic rings. The summed E-state index contributed by atoms with van der Waals surface area (Å²) in [5.41, 5.74) is 7.74. The Morgan fingerprint density at radius 2 is 1.74 bits per heavy atom. The zero-order valence-corrected chi connectivity index (χ0v) is 23.9. The van der Waals surface area contributed by atoms with Crippen LogP contribution in [0.2, 0.25) is 0 Å². The van der Waals surface area contributed by atoms with Gasteiger partial charge >= 0.3 is 6.03 Å². The smallest absolute Gasteiger partial charge is 0.321 e. The first-order valence-electron chi connectivity index (χ1n) is 13.7. The molecule has 5 N–H and O–H groups in total. The van der Waals surface area contributed by atoms with Gasteiger partial charge in [-0.15, -0.1) is 0 Å². The highest BCUT2D eigenvalue weighted by Crippen LogP contribution is 2.26. The number of likely N-dealkylation sites (tertiary alicyclic amines) is 1. The molecule has 1 heterocycles. The van der Waals surface area contributed by atoms with E-state index >= 15 is 0 Å². The van der Waals surface area contributed by atoms with Crippen LogP contribution in [0.5, 0.6) is 0 Å². The summed E-state index contributed by atoms with van der Waals surface area (Å²) in [6.45, 7) is 9.13. The zero-order valence-electron chi connectivity index (χ0n) is 23.9. The number of likely N-dealkylation sites (N-methyl/N-ethyl adjacent to an activating group) is 1. The molecule has 2 aromatic carbocycles. The molecule has 0 saturated carbocycles. The van der Waals surface area contributed by atoms with Crippen molar-refractivity contribution in [3.63, 3.8) is 0 Å². The van der Waals surface area contributed by atoms with Gasteiger partial charge in [0.2, 0.25) is 11.8 Å². The van der Waals surface area contributed by atoms with Gasteiger partial charge in [-0.2, -0.15) is 0 Å². The van der Waals surface area contributed by atoms with E-state index in [1.165, 1.54) is 0 Å². The van der Waals surface area contributed by atoms with Crippen molar-refractivity contribution in [2.24, 2.45) is 5.41 Å². The van der Waals surface area contributed by atoms with E-state index in [9.17, 15) is 14.4 Å². The van der Waals surface area contributed by atoms with E-state index in [1.807, 2.05) is 56.0 Å². The molecular weight excluding hydrogens is 492 g/mol. The van der Waals surface area contributed by atoms with Gasteiger partial charge in [-0.05, 0) is 68.5 Å². The minimum absolute atomic E-state index is 0.108. The third kappa shape index (κ3) is 8.45. The lowest BCUT2D eigenvalue weighted by molar-refractivity contribution is -0.140. The third-order valence-electron chi connectivity index (χ3n) is 7.28. The molecule has 2 aromatic rings. The van der Waals surface area contributed by atoms with E-state index in [2.05, 4.69) is 16.0 Å². The second-order valence-electron chi connectivity index (χ2n) is 11.4. The van der Waals surface area contributed by atoms with Crippen molar-refractivity contribution < 1.29 is 14.4 Å². The molecule has 0 aliphatic carbocycles. The number of nitrogens with two attached hydrogens (primary N) is 1. The van der Waals surface area contributed by atoms with Crippen LogP contribution in [-0.4, -0.2) is 72.5 Å². The largest absolute Gasteiger partial charge is 0.399 e. The van der Waals surface area contributed by atoms with Gasteiger partial charge in [0.05, 0.1) is 6.04 Å². The molecular formula is C30H44N6O3. The topological polar surface area (TPSA) is 120 Å². The molecule has 0 bridgehead atoms. The maximum absolute atomic E-state index is 13.9. The lowest BCUT2D eigenvalue weighted by atomic mass is 9.85. The van der Waals surface area contributed by atoms with Crippen molar-refractivity contribution >= 4 is 29.2 Å². The first-order chi connectivity index (χ1) is 18.5. The van der Waals surface area contributed by atoms with Crippen molar-refractivity contribution in [3.8, 4) is 0 Å². The Bertz CT molecular complexity index is 1100. The van der Waals surface area contributed by atoms with Crippen LogP contribution in [0.1, 0.15) is 46.1 Å². The van der Waals surface area contributed by atoms with Crippen molar-refractivity contribution in [1.82, 2.24) is 20.4 Å². The number of benzene rings is 2. The zero-order chi connectivity index (χ0) is 28.6. The Labute approximate surface area is 232 Å². The molecule has 1 fully saturated rings. The Hall–Kier alpha value is -3.59. The number of carbonyl (C=O) groups is 3. The summed E-state index contributed by atoms with van der Waals surface area (Å²) >= 11 is 0. The van der Waals surface area contributed by atoms with Gasteiger partial charge in [0, 0.05) is 37.1 Å². The number of nitrogens with zero attached hydrogens (tertiary/aromatic N) is 2. The summed E-state index contributed by atoms with van der Waals surface area (Å²) in [5.74, 6) is -0.322. The molecule has 0 aromatic heterocycles. The van der Waals surface area contributed by atoms with Crippen LogP contribution in [0.3, 0.4) is 0 Å². The Morgan fingerprint density at radius 3 is 2.36 bits per heavy atom. The normalized spacial score (nSPS) is 16.8. The molecule has 9 nitrogen and oxygen atoms in total. The number of rotatable bonds is 10. The molecule has 4 amide bonds. The van der Waals surface area contributed by atoms with Crippen LogP contribution in [0.4, 0.5) is 16.2 Å². The van der Waals surface area contributed by atoms with E-state index in [1.54, 1.807) is 43.1 Å². The highest BCUT2D eigenvalue weighted by molar-refractivity contribution is 5.91. The fourth-order valence-electron chi connectivity index (χ4n) is 4.74. The number of amides is 4. The maximum atomic E-state index is 13.9. The highest BCUT2D eigenvalue weighted by atomic mass is 16.2.